The molecule has 0 bridgehead atoms. The molecular weight excluding hydrogens is 341 g/mol. The van der Waals surface area contributed by atoms with Gasteiger partial charge in [0.05, 0.1) is 0 Å². The molecule has 2 rings (SSSR count). The molecule has 0 saturated carbocycles. The Balaban J connectivity index is 0.00000242. The molecule has 1 saturated heterocycles. The predicted octanol–water partition coefficient (Wildman–Crippen LogP) is 2.19. The maximum atomic E-state index is 13.6. The smallest absolute Gasteiger partial charge is 0.243 e. The molecule has 1 atom stereocenters. The van der Waals surface area contributed by atoms with E-state index in [0.29, 0.717) is 12.6 Å². The van der Waals surface area contributed by atoms with Gasteiger partial charge in [-0.25, -0.2) is 26.3 Å². The summed E-state index contributed by atoms with van der Waals surface area (Å²) in [6.45, 7) is 3.51. The Morgan fingerprint density at radius 3 is 2.55 bits per heavy atom. The van der Waals surface area contributed by atoms with Crippen LogP contribution in [0.1, 0.15) is 19.8 Å². The number of halogens is 4. The van der Waals surface area contributed by atoms with Gasteiger partial charge in [0.25, 0.3) is 0 Å². The third-order valence-electron chi connectivity index (χ3n) is 3.66. The number of rotatable bonds is 4. The second-order valence-electron chi connectivity index (χ2n) is 5.59. The van der Waals surface area contributed by atoms with E-state index in [9.17, 15) is 21.6 Å². The molecule has 22 heavy (non-hydrogen) atoms. The van der Waals surface area contributed by atoms with Crippen molar-refractivity contribution in [3.8, 4) is 0 Å². The maximum Gasteiger partial charge on any atom is 0.243 e. The molecule has 0 amide bonds. The topological polar surface area (TPSA) is 58.2 Å². The van der Waals surface area contributed by atoms with E-state index >= 15 is 0 Å². The summed E-state index contributed by atoms with van der Waals surface area (Å²) in [4.78, 5) is -0.881. The number of hydrogen-bond acceptors (Lipinski definition) is 3. The van der Waals surface area contributed by atoms with E-state index in [1.54, 1.807) is 0 Å². The minimum atomic E-state index is -4.23. The zero-order valence-electron chi connectivity index (χ0n) is 12.0. The van der Waals surface area contributed by atoms with E-state index in [2.05, 4.69) is 10.0 Å². The van der Waals surface area contributed by atoms with E-state index in [0.717, 1.165) is 25.5 Å². The highest BCUT2D eigenvalue weighted by molar-refractivity contribution is 7.89. The zero-order chi connectivity index (χ0) is 15.7. The molecule has 0 radical (unpaired) electrons. The average Bonchev–Trinajstić information content (AvgIpc) is 2.44. The van der Waals surface area contributed by atoms with Crippen molar-refractivity contribution < 1.29 is 21.6 Å². The first-order chi connectivity index (χ1) is 9.75. The van der Waals surface area contributed by atoms with Gasteiger partial charge in [0.2, 0.25) is 10.0 Å². The number of nitrogens with one attached hydrogen (secondary N) is 2. The largest absolute Gasteiger partial charge is 0.316 e. The number of piperidine rings is 1. The van der Waals surface area contributed by atoms with Crippen molar-refractivity contribution >= 4 is 22.4 Å². The van der Waals surface area contributed by atoms with Gasteiger partial charge in [0.1, 0.15) is 4.90 Å². The third-order valence-corrected chi connectivity index (χ3v) is 5.08. The number of benzene rings is 1. The van der Waals surface area contributed by atoms with Crippen molar-refractivity contribution in [2.45, 2.75) is 24.7 Å². The molecule has 1 aromatic rings. The average molecular weight is 359 g/mol. The van der Waals surface area contributed by atoms with Crippen LogP contribution in [-0.4, -0.2) is 28.1 Å². The van der Waals surface area contributed by atoms with Crippen LogP contribution in [0.2, 0.25) is 0 Å². The van der Waals surface area contributed by atoms with Crippen molar-refractivity contribution in [2.24, 2.45) is 5.41 Å². The van der Waals surface area contributed by atoms with Gasteiger partial charge < -0.3 is 5.32 Å². The number of hydrogen-bond donors (Lipinski definition) is 2. The summed E-state index contributed by atoms with van der Waals surface area (Å²) in [5.74, 6) is -4.91. The van der Waals surface area contributed by atoms with E-state index in [1.165, 1.54) is 0 Å². The lowest BCUT2D eigenvalue weighted by Crippen LogP contribution is -2.45. The van der Waals surface area contributed by atoms with Crippen molar-refractivity contribution in [1.82, 2.24) is 10.0 Å². The van der Waals surface area contributed by atoms with Gasteiger partial charge in [0, 0.05) is 13.1 Å². The molecule has 1 heterocycles. The van der Waals surface area contributed by atoms with Crippen molar-refractivity contribution in [3.63, 3.8) is 0 Å². The summed E-state index contributed by atoms with van der Waals surface area (Å²) in [6.07, 6.45) is 1.74. The van der Waals surface area contributed by atoms with Crippen LogP contribution in [0.25, 0.3) is 0 Å². The Labute approximate surface area is 133 Å². The second-order valence-corrected chi connectivity index (χ2v) is 7.32. The van der Waals surface area contributed by atoms with Gasteiger partial charge >= 0.3 is 0 Å². The SMILES string of the molecule is CC1(CNS(=O)(=O)c2ccc(F)c(F)c2F)CCCNC1.Cl. The van der Waals surface area contributed by atoms with Crippen LogP contribution in [-0.2, 0) is 10.0 Å². The highest BCUT2D eigenvalue weighted by Crippen LogP contribution is 2.26. The van der Waals surface area contributed by atoms with Crippen LogP contribution in [0.3, 0.4) is 0 Å². The van der Waals surface area contributed by atoms with Gasteiger partial charge in [-0.1, -0.05) is 6.92 Å². The molecule has 126 valence electrons. The van der Waals surface area contributed by atoms with Crippen molar-refractivity contribution in [2.75, 3.05) is 19.6 Å². The highest BCUT2D eigenvalue weighted by atomic mass is 35.5. The molecule has 0 spiro atoms. The Hall–Kier alpha value is -0.830. The molecule has 0 aromatic heterocycles. The van der Waals surface area contributed by atoms with E-state index in [1.807, 2.05) is 6.92 Å². The normalized spacial score (nSPS) is 22.2. The van der Waals surface area contributed by atoms with Crippen LogP contribution >= 0.6 is 12.4 Å². The fourth-order valence-electron chi connectivity index (χ4n) is 2.33. The first-order valence-electron chi connectivity index (χ1n) is 6.59. The van der Waals surface area contributed by atoms with Crippen molar-refractivity contribution in [1.29, 1.82) is 0 Å². The summed E-state index contributed by atoms with van der Waals surface area (Å²) < 4.78 is 65.9. The third kappa shape index (κ3) is 4.13. The summed E-state index contributed by atoms with van der Waals surface area (Å²) in [6, 6.07) is 1.31. The molecule has 4 nitrogen and oxygen atoms in total. The predicted molar refractivity (Wildman–Crippen MR) is 79.0 cm³/mol. The Bertz CT molecular complexity index is 634. The lowest BCUT2D eigenvalue weighted by atomic mass is 9.83. The molecular formula is C13H18ClF3N2O2S. The van der Waals surface area contributed by atoms with E-state index in [-0.39, 0.29) is 24.4 Å². The van der Waals surface area contributed by atoms with Gasteiger partial charge in [0.15, 0.2) is 17.5 Å². The Morgan fingerprint density at radius 1 is 1.27 bits per heavy atom. The zero-order valence-corrected chi connectivity index (χ0v) is 13.6. The quantitative estimate of drug-likeness (QED) is 0.811. The molecule has 1 aliphatic heterocycles. The summed E-state index contributed by atoms with van der Waals surface area (Å²) in [5.41, 5.74) is -0.291. The molecule has 2 N–H and O–H groups in total. The van der Waals surface area contributed by atoms with Gasteiger partial charge in [-0.2, -0.15) is 0 Å². The molecule has 0 aliphatic carbocycles. The Kier molecular flexibility index (Phi) is 6.26. The van der Waals surface area contributed by atoms with E-state index < -0.39 is 32.4 Å². The summed E-state index contributed by atoms with van der Waals surface area (Å²) >= 11 is 0. The van der Waals surface area contributed by atoms with E-state index in [4.69, 9.17) is 0 Å². The Morgan fingerprint density at radius 2 is 1.95 bits per heavy atom. The molecule has 9 heteroatoms. The van der Waals surface area contributed by atoms with Crippen LogP contribution in [0, 0.1) is 22.9 Å². The van der Waals surface area contributed by atoms with Crippen molar-refractivity contribution in [3.05, 3.63) is 29.6 Å². The van der Waals surface area contributed by atoms with Gasteiger partial charge in [-0.05, 0) is 36.9 Å². The van der Waals surface area contributed by atoms with Crippen LogP contribution in [0.5, 0.6) is 0 Å². The molecule has 1 unspecified atom stereocenters. The molecule has 1 fully saturated rings. The summed E-state index contributed by atoms with van der Waals surface area (Å²) in [5, 5.41) is 3.16. The number of sulfonamides is 1. The lowest BCUT2D eigenvalue weighted by molar-refractivity contribution is 0.238. The minimum absolute atomic E-state index is 0. The molecule has 1 aliphatic rings. The fourth-order valence-corrected chi connectivity index (χ4v) is 3.60. The minimum Gasteiger partial charge on any atom is -0.316 e. The fraction of sp³-hybridized carbons (Fsp3) is 0.538. The first kappa shape index (κ1) is 19.2. The standard InChI is InChI=1S/C13H17F3N2O2S.ClH/c1-13(5-2-6-17-7-13)8-18-21(19,20)10-4-3-9(14)11(15)12(10)16;/h3-4,17-18H,2,5-8H2,1H3;1H. The van der Waals surface area contributed by atoms with Crippen LogP contribution in [0.4, 0.5) is 13.2 Å². The van der Waals surface area contributed by atoms with Gasteiger partial charge in [-0.15, -0.1) is 12.4 Å². The monoisotopic (exact) mass is 358 g/mol. The maximum absolute atomic E-state index is 13.6. The van der Waals surface area contributed by atoms with Gasteiger partial charge in [-0.3, -0.25) is 0 Å². The molecule has 1 aromatic carbocycles. The first-order valence-corrected chi connectivity index (χ1v) is 8.07. The highest BCUT2D eigenvalue weighted by Gasteiger charge is 2.30. The van der Waals surface area contributed by atoms with Crippen LogP contribution in [0.15, 0.2) is 17.0 Å². The van der Waals surface area contributed by atoms with Crippen LogP contribution < -0.4 is 10.0 Å². The second kappa shape index (κ2) is 7.16. The lowest BCUT2D eigenvalue weighted by Gasteiger charge is -2.34. The summed E-state index contributed by atoms with van der Waals surface area (Å²) in [7, 11) is -4.23.